The highest BCUT2D eigenvalue weighted by Crippen LogP contribution is 2.43. The van der Waals surface area contributed by atoms with Crippen molar-refractivity contribution >= 4 is 17.8 Å². The molecule has 4 aliphatic heterocycles. The summed E-state index contributed by atoms with van der Waals surface area (Å²) in [5, 5.41) is 137. The number of aromatic hydroxyl groups is 3. The first-order chi connectivity index (χ1) is 31.4. The third-order valence-electron chi connectivity index (χ3n) is 11.3. The maximum atomic E-state index is 12.6. The minimum absolute atomic E-state index is 0.0251. The summed E-state index contributed by atoms with van der Waals surface area (Å²) in [6.45, 7) is -0.00225. The van der Waals surface area contributed by atoms with E-state index in [1.165, 1.54) is 50.5 Å². The van der Waals surface area contributed by atoms with E-state index in [1.807, 2.05) is 0 Å². The second-order valence-electron chi connectivity index (χ2n) is 15.8. The number of fused-ring (bicyclic) bond motifs is 1. The number of hydrogen-bond acceptors (Lipinski definition) is 22. The molecular weight excluding hydrogens is 884 g/mol. The number of aliphatic hydroxyl groups excluding tert-OH is 10. The summed E-state index contributed by atoms with van der Waals surface area (Å²) >= 11 is 0. The Hall–Kier alpha value is -5.51. The van der Waals surface area contributed by atoms with Gasteiger partial charge in [-0.3, -0.25) is 0 Å². The van der Waals surface area contributed by atoms with E-state index in [0.717, 1.165) is 18.2 Å². The topological polar surface area (TPSA) is 367 Å². The van der Waals surface area contributed by atoms with Crippen LogP contribution in [0, 0.1) is 0 Å². The van der Waals surface area contributed by atoms with Gasteiger partial charge in [-0.1, -0.05) is 12.1 Å². The molecule has 16 atom stereocenters. The molecule has 66 heavy (non-hydrogen) atoms. The van der Waals surface area contributed by atoms with Crippen molar-refractivity contribution in [2.75, 3.05) is 20.3 Å². The van der Waals surface area contributed by atoms with Crippen LogP contribution in [-0.2, 0) is 38.0 Å². The van der Waals surface area contributed by atoms with Gasteiger partial charge in [-0.05, 0) is 30.7 Å². The van der Waals surface area contributed by atoms with Crippen LogP contribution < -0.4 is 4.74 Å². The Balaban J connectivity index is 1.11. The lowest BCUT2D eigenvalue weighted by molar-refractivity contribution is -0.324. The molecule has 0 amide bonds. The zero-order chi connectivity index (χ0) is 47.7. The van der Waals surface area contributed by atoms with Crippen molar-refractivity contribution < 1.29 is 114 Å². The summed E-state index contributed by atoms with van der Waals surface area (Å²) in [6, 6.07) is 8.28. The summed E-state index contributed by atoms with van der Waals surface area (Å²) in [6.07, 6.45) is -20.3. The number of ether oxygens (including phenoxy) is 9. The zero-order valence-corrected chi connectivity index (χ0v) is 34.9. The van der Waals surface area contributed by atoms with Gasteiger partial charge in [-0.2, -0.15) is 0 Å². The zero-order valence-electron chi connectivity index (χ0n) is 34.9. The molecule has 23 heteroatoms. The molecule has 23 nitrogen and oxygen atoms in total. The van der Waals surface area contributed by atoms with E-state index in [1.54, 1.807) is 12.1 Å². The Morgan fingerprint density at radius 1 is 0.758 bits per heavy atom. The molecule has 14 N–H and O–H groups in total. The number of aliphatic hydroxyl groups is 12. The number of phenols is 3. The minimum Gasteiger partial charge on any atom is -0.571 e. The quantitative estimate of drug-likeness (QED) is 0.0424. The molecule has 0 bridgehead atoms. The van der Waals surface area contributed by atoms with E-state index in [0.29, 0.717) is 5.56 Å². The van der Waals surface area contributed by atoms with Crippen molar-refractivity contribution in [3.63, 3.8) is 0 Å². The van der Waals surface area contributed by atoms with Crippen LogP contribution in [0.4, 0.5) is 0 Å². The number of allylic oxidation sites excluding steroid dienone is 2. The number of methoxy groups -OCH3 is 1. The summed E-state index contributed by atoms with van der Waals surface area (Å²) in [4.78, 5) is 12.6. The highest BCUT2D eigenvalue weighted by atomic mass is 16.7. The Labute approximate surface area is 374 Å². The first-order valence-corrected chi connectivity index (χ1v) is 20.4. The number of carbonyl (C=O) groups excluding carboxylic acids is 1. The molecule has 1 aliphatic carbocycles. The first kappa shape index (κ1) is 48.4. The van der Waals surface area contributed by atoms with E-state index in [-0.39, 0.29) is 39.9 Å². The Morgan fingerprint density at radius 3 is 2.06 bits per heavy atom. The van der Waals surface area contributed by atoms with E-state index in [9.17, 15) is 71.2 Å². The second-order valence-corrected chi connectivity index (χ2v) is 15.8. The molecule has 0 aromatic heterocycles. The molecular formula is C43H51O23+. The molecule has 2 aromatic carbocycles. The highest BCUT2D eigenvalue weighted by Gasteiger charge is 2.50. The Morgan fingerprint density at radius 2 is 1.39 bits per heavy atom. The molecule has 16 unspecified atom stereocenters. The fourth-order valence-corrected chi connectivity index (χ4v) is 7.62. The van der Waals surface area contributed by atoms with Crippen molar-refractivity contribution in [1.82, 2.24) is 0 Å². The van der Waals surface area contributed by atoms with Crippen LogP contribution in [0.25, 0.3) is 11.8 Å². The number of phenolic OH excluding ortho intramolecular Hbond substituents is 3. The van der Waals surface area contributed by atoms with E-state index < -0.39 is 135 Å². The van der Waals surface area contributed by atoms with Crippen LogP contribution in [0.2, 0.25) is 0 Å². The van der Waals surface area contributed by atoms with Gasteiger partial charge in [0.15, 0.2) is 23.9 Å². The molecule has 3 saturated heterocycles. The normalized spacial score (nSPS) is 35.8. The van der Waals surface area contributed by atoms with Gasteiger partial charge in [0, 0.05) is 30.4 Å². The van der Waals surface area contributed by atoms with Crippen LogP contribution in [0.5, 0.6) is 23.0 Å². The molecule has 5 aliphatic rings. The molecule has 7 rings (SSSR count). The first-order valence-electron chi connectivity index (χ1n) is 20.4. The average Bonchev–Trinajstić information content (AvgIpc) is 3.29. The van der Waals surface area contributed by atoms with Gasteiger partial charge in [0.2, 0.25) is 30.2 Å². The lowest BCUT2D eigenvalue weighted by Gasteiger charge is -2.43. The largest absolute Gasteiger partial charge is 0.571 e. The van der Waals surface area contributed by atoms with Crippen molar-refractivity contribution in [3.8, 4) is 23.0 Å². The highest BCUT2D eigenvalue weighted by molar-refractivity contribution is 5.87. The van der Waals surface area contributed by atoms with Crippen LogP contribution >= 0.6 is 0 Å². The van der Waals surface area contributed by atoms with Crippen molar-refractivity contribution in [2.24, 2.45) is 0 Å². The van der Waals surface area contributed by atoms with Gasteiger partial charge >= 0.3 is 11.7 Å². The average molecular weight is 936 g/mol. The molecule has 4 heterocycles. The number of hydrogen-bond donors (Lipinski definition) is 13. The van der Waals surface area contributed by atoms with Gasteiger partial charge in [-0.25, -0.2) is 4.79 Å². The summed E-state index contributed by atoms with van der Waals surface area (Å²) in [5.74, 6) is -3.39. The smallest absolute Gasteiger partial charge is 0.331 e. The fraction of sp³-hybridized carbons (Fsp3) is 0.465. The maximum Gasteiger partial charge on any atom is 0.331 e. The standard InChI is InChI=1S/C43H50O23/c1-16-39(66-29(48)8-5-17-3-6-19(45)7-4-17)35(54)38(57)41(60-16)59-15-28-32(51)34(53)37(56)43(65-28)63-26-13-21-23(61-40(26)18-9-22(47)30(49)25(10-18)58-2)11-20(46)12-24(21)62-42-36(55)33(52)31(50)27(14-44)64-42/h3-13,16,23,27-28,31-39,41-47,49-57H,14-15H2,1-2H3/p+1. The summed E-state index contributed by atoms with van der Waals surface area (Å²) < 4.78 is 50.0. The SMILES string of the molecule is COc1cc(C2=C(OC3OC(COC4OC(C)C(OC(=O)C=Cc5ccc(O)cc5)C(O)C4O)C(O)C(O)C3O)C=C3C(OC4OC(CO)C(O)C(O)C4O)=CC(O)=CC3[OH+]2)cc(O)c1O. The Kier molecular flexibility index (Phi) is 14.8. The summed E-state index contributed by atoms with van der Waals surface area (Å²) in [7, 11) is 1.21. The van der Waals surface area contributed by atoms with E-state index >= 15 is 0 Å². The van der Waals surface area contributed by atoms with E-state index in [2.05, 4.69) is 4.74 Å². The van der Waals surface area contributed by atoms with E-state index in [4.69, 9.17) is 37.9 Å². The van der Waals surface area contributed by atoms with Gasteiger partial charge in [0.1, 0.15) is 78.3 Å². The van der Waals surface area contributed by atoms with Gasteiger partial charge in [0.25, 0.3) is 0 Å². The molecule has 3 fully saturated rings. The predicted octanol–water partition coefficient (Wildman–Crippen LogP) is -2.59. The lowest BCUT2D eigenvalue weighted by atomic mass is 9.96. The van der Waals surface area contributed by atoms with Gasteiger partial charge < -0.3 is 109 Å². The monoisotopic (exact) mass is 935 g/mol. The summed E-state index contributed by atoms with van der Waals surface area (Å²) in [5.41, 5.74) is 0.677. The lowest BCUT2D eigenvalue weighted by Crippen LogP contribution is -2.61. The van der Waals surface area contributed by atoms with Crippen LogP contribution in [-0.4, -0.2) is 196 Å². The number of esters is 1. The number of carbonyl (C=O) groups is 1. The molecule has 2 aromatic rings. The van der Waals surface area contributed by atoms with Crippen molar-refractivity contribution in [1.29, 1.82) is 0 Å². The van der Waals surface area contributed by atoms with Gasteiger partial charge in [-0.15, -0.1) is 0 Å². The number of rotatable bonds is 13. The minimum atomic E-state index is -1.99. The van der Waals surface area contributed by atoms with Crippen LogP contribution in [0.1, 0.15) is 18.1 Å². The maximum absolute atomic E-state index is 12.6. The third-order valence-corrected chi connectivity index (χ3v) is 11.3. The molecule has 0 saturated carbocycles. The van der Waals surface area contributed by atoms with Crippen LogP contribution in [0.3, 0.4) is 0 Å². The van der Waals surface area contributed by atoms with Crippen LogP contribution in [0.15, 0.2) is 83.6 Å². The molecule has 0 spiro atoms. The predicted molar refractivity (Wildman–Crippen MR) is 218 cm³/mol. The number of benzene rings is 2. The van der Waals surface area contributed by atoms with Crippen molar-refractivity contribution in [2.45, 2.75) is 105 Å². The van der Waals surface area contributed by atoms with Crippen molar-refractivity contribution in [3.05, 3.63) is 94.7 Å². The fourth-order valence-electron chi connectivity index (χ4n) is 7.62. The third kappa shape index (κ3) is 10.1. The van der Waals surface area contributed by atoms with Gasteiger partial charge in [0.05, 0.1) is 43.6 Å². The Bertz CT molecular complexity index is 2220. The second kappa shape index (κ2) is 20.2. The molecule has 360 valence electrons. The molecule has 0 radical (unpaired) electrons.